The lowest BCUT2D eigenvalue weighted by Gasteiger charge is -2.29. The van der Waals surface area contributed by atoms with Crippen LogP contribution in [-0.2, 0) is 20.9 Å². The van der Waals surface area contributed by atoms with Gasteiger partial charge in [0.05, 0.1) is 24.6 Å². The zero-order valence-corrected chi connectivity index (χ0v) is 18.7. The van der Waals surface area contributed by atoms with Gasteiger partial charge >= 0.3 is 5.97 Å². The maximum absolute atomic E-state index is 12.9. The van der Waals surface area contributed by atoms with Crippen molar-refractivity contribution in [2.75, 3.05) is 7.11 Å². The number of nitrogens with one attached hydrogen (secondary N) is 1. The number of imide groups is 1. The van der Waals surface area contributed by atoms with Crippen LogP contribution < -0.4 is 5.32 Å². The van der Waals surface area contributed by atoms with Gasteiger partial charge in [-0.1, -0.05) is 16.8 Å². The molecule has 11 heteroatoms. The molecule has 1 saturated heterocycles. The molecule has 1 N–H and O–H groups in total. The van der Waals surface area contributed by atoms with E-state index in [1.807, 2.05) is 0 Å². The van der Waals surface area contributed by atoms with Gasteiger partial charge in [-0.05, 0) is 48.4 Å². The molecule has 3 aromatic rings. The van der Waals surface area contributed by atoms with E-state index >= 15 is 0 Å². The number of aromatic nitrogens is 3. The maximum Gasteiger partial charge on any atom is 0.338 e. The lowest BCUT2D eigenvalue weighted by Crippen LogP contribution is -2.52. The molecule has 0 radical (unpaired) electrons. The van der Waals surface area contributed by atoms with Gasteiger partial charge in [0, 0.05) is 29.1 Å². The van der Waals surface area contributed by atoms with Crippen molar-refractivity contribution in [3.05, 3.63) is 64.3 Å². The third-order valence-electron chi connectivity index (χ3n) is 5.93. The van der Waals surface area contributed by atoms with Crippen LogP contribution in [0, 0.1) is 0 Å². The SMILES string of the molecule is COC(=O)c1ccc(Cl)cc1-c1cn(-c2ccc3c(c2)CN(C2CCC(=O)NC2=O)C3=O)nn1. The Labute approximate surface area is 198 Å². The zero-order chi connectivity index (χ0) is 24.0. The summed E-state index contributed by atoms with van der Waals surface area (Å²) in [4.78, 5) is 50.2. The number of carbonyl (C=O) groups is 4. The number of halogens is 1. The van der Waals surface area contributed by atoms with E-state index in [0.717, 1.165) is 5.56 Å². The highest BCUT2D eigenvalue weighted by molar-refractivity contribution is 6.31. The van der Waals surface area contributed by atoms with Crippen LogP contribution in [0.1, 0.15) is 39.1 Å². The fourth-order valence-corrected chi connectivity index (χ4v) is 4.41. The summed E-state index contributed by atoms with van der Waals surface area (Å²) in [6, 6.07) is 9.29. The van der Waals surface area contributed by atoms with Crippen molar-refractivity contribution in [3.63, 3.8) is 0 Å². The Bertz CT molecular complexity index is 1370. The van der Waals surface area contributed by atoms with Crippen molar-refractivity contribution in [3.8, 4) is 16.9 Å². The van der Waals surface area contributed by atoms with E-state index in [9.17, 15) is 19.2 Å². The van der Waals surface area contributed by atoms with Gasteiger partial charge in [0.15, 0.2) is 0 Å². The highest BCUT2D eigenvalue weighted by Gasteiger charge is 2.39. The van der Waals surface area contributed by atoms with Crippen LogP contribution in [0.15, 0.2) is 42.6 Å². The summed E-state index contributed by atoms with van der Waals surface area (Å²) in [5, 5.41) is 11.1. The maximum atomic E-state index is 12.9. The molecule has 3 heterocycles. The monoisotopic (exact) mass is 479 g/mol. The predicted octanol–water partition coefficient (Wildman–Crippen LogP) is 2.14. The summed E-state index contributed by atoms with van der Waals surface area (Å²) in [5.74, 6) is -1.56. The molecule has 0 saturated carbocycles. The number of hydrogen-bond donors (Lipinski definition) is 1. The number of hydrogen-bond acceptors (Lipinski definition) is 7. The fraction of sp³-hybridized carbons (Fsp3) is 0.217. The van der Waals surface area contributed by atoms with Gasteiger partial charge in [-0.15, -0.1) is 5.10 Å². The Morgan fingerprint density at radius 1 is 1.15 bits per heavy atom. The molecule has 5 rings (SSSR count). The van der Waals surface area contributed by atoms with Crippen LogP contribution in [0.25, 0.3) is 16.9 Å². The molecule has 1 aromatic heterocycles. The average molecular weight is 480 g/mol. The first-order chi connectivity index (χ1) is 16.4. The normalized spacial score (nSPS) is 17.5. The van der Waals surface area contributed by atoms with Crippen molar-refractivity contribution < 1.29 is 23.9 Å². The molecule has 2 aromatic carbocycles. The van der Waals surface area contributed by atoms with E-state index in [0.29, 0.717) is 39.5 Å². The van der Waals surface area contributed by atoms with Crippen LogP contribution in [0.3, 0.4) is 0 Å². The number of amides is 3. The second kappa shape index (κ2) is 8.38. The number of carbonyl (C=O) groups excluding carboxylic acids is 4. The lowest BCUT2D eigenvalue weighted by atomic mass is 10.0. The molecule has 0 bridgehead atoms. The van der Waals surface area contributed by atoms with E-state index in [2.05, 4.69) is 15.6 Å². The minimum atomic E-state index is -0.682. The highest BCUT2D eigenvalue weighted by atomic mass is 35.5. The van der Waals surface area contributed by atoms with Gasteiger partial charge in [0.25, 0.3) is 5.91 Å². The second-order valence-corrected chi connectivity index (χ2v) is 8.41. The Balaban J connectivity index is 1.43. The van der Waals surface area contributed by atoms with Gasteiger partial charge < -0.3 is 9.64 Å². The molecule has 1 atom stereocenters. The number of rotatable bonds is 4. The predicted molar refractivity (Wildman–Crippen MR) is 119 cm³/mol. The van der Waals surface area contributed by atoms with E-state index in [-0.39, 0.29) is 24.8 Å². The molecule has 2 aliphatic heterocycles. The van der Waals surface area contributed by atoms with Gasteiger partial charge in [0.1, 0.15) is 11.7 Å². The molecular weight excluding hydrogens is 462 g/mol. The molecule has 3 amide bonds. The number of benzene rings is 2. The molecule has 172 valence electrons. The lowest BCUT2D eigenvalue weighted by molar-refractivity contribution is -0.136. The Morgan fingerprint density at radius 2 is 1.97 bits per heavy atom. The number of fused-ring (bicyclic) bond motifs is 1. The minimum Gasteiger partial charge on any atom is -0.465 e. The summed E-state index contributed by atoms with van der Waals surface area (Å²) in [6.07, 6.45) is 2.14. The summed E-state index contributed by atoms with van der Waals surface area (Å²) in [7, 11) is 1.29. The average Bonchev–Trinajstić information content (AvgIpc) is 3.44. The minimum absolute atomic E-state index is 0.195. The smallest absolute Gasteiger partial charge is 0.338 e. The van der Waals surface area contributed by atoms with Gasteiger partial charge in [-0.25, -0.2) is 9.48 Å². The Kier molecular flexibility index (Phi) is 5.37. The van der Waals surface area contributed by atoms with Crippen molar-refractivity contribution in [1.29, 1.82) is 0 Å². The molecule has 10 nitrogen and oxygen atoms in total. The largest absolute Gasteiger partial charge is 0.465 e. The van der Waals surface area contributed by atoms with E-state index in [1.165, 1.54) is 16.7 Å². The number of esters is 1. The molecule has 1 unspecified atom stereocenters. The summed E-state index contributed by atoms with van der Waals surface area (Å²) in [5.41, 5.74) is 3.09. The molecule has 2 aliphatic rings. The van der Waals surface area contributed by atoms with Gasteiger partial charge in [0.2, 0.25) is 11.8 Å². The first kappa shape index (κ1) is 21.8. The molecule has 34 heavy (non-hydrogen) atoms. The number of methoxy groups -OCH3 is 1. The zero-order valence-electron chi connectivity index (χ0n) is 17.9. The van der Waals surface area contributed by atoms with Crippen molar-refractivity contribution in [2.24, 2.45) is 0 Å². The van der Waals surface area contributed by atoms with Gasteiger partial charge in [-0.2, -0.15) is 0 Å². The topological polar surface area (TPSA) is 123 Å². The Morgan fingerprint density at radius 3 is 2.74 bits per heavy atom. The third kappa shape index (κ3) is 3.71. The number of piperidine rings is 1. The number of ether oxygens (including phenoxy) is 1. The van der Waals surface area contributed by atoms with Crippen LogP contribution in [0.5, 0.6) is 0 Å². The molecule has 0 aliphatic carbocycles. The summed E-state index contributed by atoms with van der Waals surface area (Å²) >= 11 is 6.12. The van der Waals surface area contributed by atoms with Crippen LogP contribution in [0.2, 0.25) is 5.02 Å². The van der Waals surface area contributed by atoms with E-state index < -0.39 is 17.9 Å². The standard InChI is InChI=1S/C23H18ClN5O5/c1-34-23(33)16-4-2-13(24)9-17(16)18-11-29(27-26-18)14-3-5-15-12(8-14)10-28(22(15)32)19-6-7-20(30)25-21(19)31/h2-5,8-9,11,19H,6-7,10H2,1H3,(H,25,30,31). The molecule has 1 fully saturated rings. The summed E-state index contributed by atoms with van der Waals surface area (Å²) < 4.78 is 6.37. The van der Waals surface area contributed by atoms with Gasteiger partial charge in [-0.3, -0.25) is 19.7 Å². The van der Waals surface area contributed by atoms with Crippen molar-refractivity contribution in [2.45, 2.75) is 25.4 Å². The number of nitrogens with zero attached hydrogens (tertiary/aromatic N) is 4. The van der Waals surface area contributed by atoms with Crippen molar-refractivity contribution >= 4 is 35.3 Å². The first-order valence-electron chi connectivity index (χ1n) is 10.4. The van der Waals surface area contributed by atoms with E-state index in [4.69, 9.17) is 16.3 Å². The fourth-order valence-electron chi connectivity index (χ4n) is 4.23. The van der Waals surface area contributed by atoms with Crippen LogP contribution >= 0.6 is 11.6 Å². The quantitative estimate of drug-likeness (QED) is 0.449. The van der Waals surface area contributed by atoms with Crippen LogP contribution in [-0.4, -0.2) is 56.7 Å². The summed E-state index contributed by atoms with van der Waals surface area (Å²) in [6.45, 7) is 0.247. The first-order valence-corrected chi connectivity index (χ1v) is 10.8. The molecular formula is C23H18ClN5O5. The van der Waals surface area contributed by atoms with Crippen molar-refractivity contribution in [1.82, 2.24) is 25.2 Å². The molecule has 0 spiro atoms. The second-order valence-electron chi connectivity index (χ2n) is 7.97. The van der Waals surface area contributed by atoms with E-state index in [1.54, 1.807) is 42.6 Å². The van der Waals surface area contributed by atoms with Crippen LogP contribution in [0.4, 0.5) is 0 Å². The third-order valence-corrected chi connectivity index (χ3v) is 6.16. The highest BCUT2D eigenvalue weighted by Crippen LogP contribution is 2.30. The Hall–Kier alpha value is -4.05.